The molecule has 1 saturated heterocycles. The van der Waals surface area contributed by atoms with Gasteiger partial charge in [0.15, 0.2) is 0 Å². The third-order valence-electron chi connectivity index (χ3n) is 3.55. The van der Waals surface area contributed by atoms with Crippen molar-refractivity contribution in [3.63, 3.8) is 0 Å². The van der Waals surface area contributed by atoms with E-state index in [9.17, 15) is 9.59 Å². The number of piperidine rings is 1. The summed E-state index contributed by atoms with van der Waals surface area (Å²) in [6, 6.07) is -0.0842. The third-order valence-corrected chi connectivity index (χ3v) is 3.55. The summed E-state index contributed by atoms with van der Waals surface area (Å²) < 4.78 is 0. The minimum atomic E-state index is -0.361. The molecule has 1 atom stereocenters. The highest BCUT2D eigenvalue weighted by molar-refractivity contribution is 5.95. The molecule has 1 heterocycles. The van der Waals surface area contributed by atoms with Gasteiger partial charge in [0.05, 0.1) is 6.54 Å². The van der Waals surface area contributed by atoms with Crippen LogP contribution in [-0.2, 0) is 4.79 Å². The van der Waals surface area contributed by atoms with Gasteiger partial charge in [-0.25, -0.2) is 4.79 Å². The van der Waals surface area contributed by atoms with Crippen molar-refractivity contribution in [2.24, 2.45) is 5.92 Å². The zero-order valence-corrected chi connectivity index (χ0v) is 11.6. The van der Waals surface area contributed by atoms with E-state index in [2.05, 4.69) is 16.0 Å². The molecule has 1 aliphatic heterocycles. The van der Waals surface area contributed by atoms with Crippen molar-refractivity contribution in [1.82, 2.24) is 20.9 Å². The number of carbonyl (C=O) groups excluding carboxylic acids is 2. The van der Waals surface area contributed by atoms with Crippen LogP contribution in [0.2, 0.25) is 0 Å². The summed E-state index contributed by atoms with van der Waals surface area (Å²) in [7, 11) is 1.92. The standard InChI is InChI=1S/C13H24N4O2/c1-17(8-10-3-2-6-14-7-10)9-12(18)16-13(19)15-11-4-5-11/h10-11,14H,2-9H2,1H3,(H2,15,16,18,19). The van der Waals surface area contributed by atoms with Gasteiger partial charge in [-0.1, -0.05) is 0 Å². The molecule has 108 valence electrons. The molecular weight excluding hydrogens is 244 g/mol. The van der Waals surface area contributed by atoms with Crippen LogP contribution < -0.4 is 16.0 Å². The van der Waals surface area contributed by atoms with E-state index >= 15 is 0 Å². The van der Waals surface area contributed by atoms with E-state index in [1.807, 2.05) is 11.9 Å². The summed E-state index contributed by atoms with van der Waals surface area (Å²) in [4.78, 5) is 25.1. The van der Waals surface area contributed by atoms with E-state index in [4.69, 9.17) is 0 Å². The summed E-state index contributed by atoms with van der Waals surface area (Å²) >= 11 is 0. The highest BCUT2D eigenvalue weighted by atomic mass is 16.2. The Bertz CT molecular complexity index is 325. The minimum Gasteiger partial charge on any atom is -0.335 e. The van der Waals surface area contributed by atoms with Crippen LogP contribution in [0.3, 0.4) is 0 Å². The molecule has 1 saturated carbocycles. The van der Waals surface area contributed by atoms with Gasteiger partial charge >= 0.3 is 6.03 Å². The summed E-state index contributed by atoms with van der Waals surface area (Å²) in [5.74, 6) is 0.372. The lowest BCUT2D eigenvalue weighted by molar-refractivity contribution is -0.121. The Morgan fingerprint density at radius 2 is 2.11 bits per heavy atom. The van der Waals surface area contributed by atoms with E-state index in [0.717, 1.165) is 32.5 Å². The molecule has 0 radical (unpaired) electrons. The fourth-order valence-corrected chi connectivity index (χ4v) is 2.45. The fraction of sp³-hybridized carbons (Fsp3) is 0.846. The van der Waals surface area contributed by atoms with Crippen molar-refractivity contribution in [1.29, 1.82) is 0 Å². The number of hydrogen-bond donors (Lipinski definition) is 3. The van der Waals surface area contributed by atoms with Crippen LogP contribution >= 0.6 is 0 Å². The molecule has 2 fully saturated rings. The van der Waals surface area contributed by atoms with Crippen molar-refractivity contribution < 1.29 is 9.59 Å². The monoisotopic (exact) mass is 268 g/mol. The zero-order valence-electron chi connectivity index (χ0n) is 11.6. The molecule has 2 rings (SSSR count). The SMILES string of the molecule is CN(CC(=O)NC(=O)NC1CC1)CC1CCCNC1. The molecule has 3 amide bonds. The van der Waals surface area contributed by atoms with Gasteiger partial charge in [0, 0.05) is 12.6 Å². The molecule has 0 aromatic heterocycles. The quantitative estimate of drug-likeness (QED) is 0.651. The molecule has 1 aliphatic carbocycles. The number of nitrogens with zero attached hydrogens (tertiary/aromatic N) is 1. The van der Waals surface area contributed by atoms with Gasteiger partial charge < -0.3 is 10.6 Å². The molecular formula is C13H24N4O2. The average molecular weight is 268 g/mol. The molecule has 19 heavy (non-hydrogen) atoms. The second kappa shape index (κ2) is 6.86. The number of carbonyl (C=O) groups is 2. The molecule has 3 N–H and O–H groups in total. The Morgan fingerprint density at radius 3 is 2.74 bits per heavy atom. The summed E-state index contributed by atoms with van der Waals surface area (Å²) in [5, 5.41) is 8.48. The number of nitrogens with one attached hydrogen (secondary N) is 3. The largest absolute Gasteiger partial charge is 0.335 e. The number of rotatable bonds is 5. The van der Waals surface area contributed by atoms with Crippen molar-refractivity contribution >= 4 is 11.9 Å². The maximum atomic E-state index is 11.7. The van der Waals surface area contributed by atoms with Gasteiger partial charge in [-0.3, -0.25) is 15.0 Å². The fourth-order valence-electron chi connectivity index (χ4n) is 2.45. The zero-order chi connectivity index (χ0) is 13.7. The first-order valence-corrected chi connectivity index (χ1v) is 7.13. The van der Waals surface area contributed by atoms with Crippen molar-refractivity contribution in [3.05, 3.63) is 0 Å². The van der Waals surface area contributed by atoms with Gasteiger partial charge in [0.25, 0.3) is 0 Å². The molecule has 1 unspecified atom stereocenters. The van der Waals surface area contributed by atoms with Crippen LogP contribution in [0.4, 0.5) is 4.79 Å². The van der Waals surface area contributed by atoms with Crippen molar-refractivity contribution in [2.45, 2.75) is 31.7 Å². The number of imide groups is 1. The van der Waals surface area contributed by atoms with Crippen molar-refractivity contribution in [3.8, 4) is 0 Å². The highest BCUT2D eigenvalue weighted by Gasteiger charge is 2.24. The predicted molar refractivity (Wildman–Crippen MR) is 72.8 cm³/mol. The minimum absolute atomic E-state index is 0.232. The van der Waals surface area contributed by atoms with E-state index in [1.165, 1.54) is 12.8 Å². The Kier molecular flexibility index (Phi) is 5.15. The topological polar surface area (TPSA) is 73.5 Å². The first-order valence-electron chi connectivity index (χ1n) is 7.13. The van der Waals surface area contributed by atoms with E-state index in [-0.39, 0.29) is 24.5 Å². The van der Waals surface area contributed by atoms with Crippen molar-refractivity contribution in [2.75, 3.05) is 33.2 Å². The second-order valence-electron chi connectivity index (χ2n) is 5.71. The average Bonchev–Trinajstić information content (AvgIpc) is 3.13. The summed E-state index contributed by atoms with van der Waals surface area (Å²) in [6.07, 6.45) is 4.46. The van der Waals surface area contributed by atoms with Crippen LogP contribution in [0.15, 0.2) is 0 Å². The Morgan fingerprint density at radius 1 is 1.32 bits per heavy atom. The van der Waals surface area contributed by atoms with Crippen LogP contribution in [-0.4, -0.2) is 56.1 Å². The Balaban J connectivity index is 1.61. The molecule has 6 heteroatoms. The second-order valence-corrected chi connectivity index (χ2v) is 5.71. The smallest absolute Gasteiger partial charge is 0.321 e. The third kappa shape index (κ3) is 5.57. The molecule has 0 aromatic carbocycles. The molecule has 0 bridgehead atoms. The van der Waals surface area contributed by atoms with Gasteiger partial charge in [0.1, 0.15) is 0 Å². The van der Waals surface area contributed by atoms with Crippen LogP contribution in [0.25, 0.3) is 0 Å². The summed E-state index contributed by atoms with van der Waals surface area (Å²) in [5.41, 5.74) is 0. The molecule has 6 nitrogen and oxygen atoms in total. The number of hydrogen-bond acceptors (Lipinski definition) is 4. The number of amides is 3. The maximum absolute atomic E-state index is 11.7. The highest BCUT2D eigenvalue weighted by Crippen LogP contribution is 2.18. The lowest BCUT2D eigenvalue weighted by Crippen LogP contribution is -2.46. The lowest BCUT2D eigenvalue weighted by atomic mass is 9.99. The number of urea groups is 1. The lowest BCUT2D eigenvalue weighted by Gasteiger charge is -2.27. The Labute approximate surface area is 114 Å². The van der Waals surface area contributed by atoms with E-state index in [1.54, 1.807) is 0 Å². The van der Waals surface area contributed by atoms with E-state index < -0.39 is 0 Å². The number of likely N-dealkylation sites (N-methyl/N-ethyl adjacent to an activating group) is 1. The van der Waals surface area contributed by atoms with Gasteiger partial charge in [0.2, 0.25) is 5.91 Å². The van der Waals surface area contributed by atoms with Crippen LogP contribution in [0.1, 0.15) is 25.7 Å². The molecule has 2 aliphatic rings. The van der Waals surface area contributed by atoms with Crippen LogP contribution in [0.5, 0.6) is 0 Å². The summed E-state index contributed by atoms with van der Waals surface area (Å²) in [6.45, 7) is 3.29. The van der Waals surface area contributed by atoms with Crippen LogP contribution in [0, 0.1) is 5.92 Å². The molecule has 0 spiro atoms. The normalized spacial score (nSPS) is 23.2. The Hall–Kier alpha value is -1.14. The predicted octanol–water partition coefficient (Wildman–Crippen LogP) is -0.0940. The first kappa shape index (κ1) is 14.3. The van der Waals surface area contributed by atoms with Gasteiger partial charge in [-0.15, -0.1) is 0 Å². The van der Waals surface area contributed by atoms with E-state index in [0.29, 0.717) is 5.92 Å². The van der Waals surface area contributed by atoms with Gasteiger partial charge in [-0.2, -0.15) is 0 Å². The van der Waals surface area contributed by atoms with Gasteiger partial charge in [-0.05, 0) is 51.7 Å². The maximum Gasteiger partial charge on any atom is 0.321 e. The molecule has 0 aromatic rings. The first-order chi connectivity index (χ1) is 9.13.